The highest BCUT2D eigenvalue weighted by Gasteiger charge is 2.31. The van der Waals surface area contributed by atoms with Gasteiger partial charge in [-0.15, -0.1) is 0 Å². The Morgan fingerprint density at radius 2 is 1.62 bits per heavy atom. The summed E-state index contributed by atoms with van der Waals surface area (Å²) in [6.07, 6.45) is 9.77. The van der Waals surface area contributed by atoms with Gasteiger partial charge in [-0.3, -0.25) is 0 Å². The van der Waals surface area contributed by atoms with Crippen molar-refractivity contribution in [1.82, 2.24) is 4.57 Å². The first-order valence-corrected chi connectivity index (χ1v) is 8.38. The summed E-state index contributed by atoms with van der Waals surface area (Å²) in [5.74, 6) is -0.686. The Hall–Kier alpha value is -2.68. The van der Waals surface area contributed by atoms with Gasteiger partial charge in [0.2, 0.25) is 0 Å². The quantitative estimate of drug-likeness (QED) is 0.663. The molecule has 0 amide bonds. The van der Waals surface area contributed by atoms with E-state index in [1.54, 1.807) is 12.5 Å². The Kier molecular flexibility index (Phi) is 3.77. The molecule has 3 aromatic rings. The molecule has 0 spiro atoms. The van der Waals surface area contributed by atoms with E-state index in [2.05, 4.69) is 65.5 Å². The molecule has 1 aliphatic heterocycles. The van der Waals surface area contributed by atoms with Crippen LogP contribution in [-0.2, 0) is 28.2 Å². The predicted octanol–water partition coefficient (Wildman–Crippen LogP) is 4.96. The molecule has 2 heterocycles. The van der Waals surface area contributed by atoms with Crippen molar-refractivity contribution in [2.24, 2.45) is 0 Å². The zero-order valence-corrected chi connectivity index (χ0v) is 13.8. The Labute approximate surface area is 142 Å². The number of ether oxygens (including phenoxy) is 2. The average Bonchev–Trinajstić information content (AvgIpc) is 3.22. The van der Waals surface area contributed by atoms with Crippen molar-refractivity contribution < 1.29 is 9.47 Å². The van der Waals surface area contributed by atoms with Gasteiger partial charge in [-0.05, 0) is 35.2 Å². The molecular formula is C21H21NO2. The zero-order chi connectivity index (χ0) is 16.4. The van der Waals surface area contributed by atoms with Gasteiger partial charge in [-0.25, -0.2) is 0 Å². The lowest BCUT2D eigenvalue weighted by molar-refractivity contribution is -0.133. The first kappa shape index (κ1) is 14.9. The van der Waals surface area contributed by atoms with Crippen molar-refractivity contribution in [1.29, 1.82) is 0 Å². The second-order valence-electron chi connectivity index (χ2n) is 6.38. The van der Waals surface area contributed by atoms with Gasteiger partial charge in [0.05, 0.1) is 0 Å². The van der Waals surface area contributed by atoms with Crippen molar-refractivity contribution in [3.05, 3.63) is 84.6 Å². The third-order valence-electron chi connectivity index (χ3n) is 4.58. The summed E-state index contributed by atoms with van der Waals surface area (Å²) >= 11 is 0. The van der Waals surface area contributed by atoms with Crippen LogP contribution in [0, 0.1) is 0 Å². The molecule has 0 bridgehead atoms. The van der Waals surface area contributed by atoms with Gasteiger partial charge in [-0.1, -0.05) is 42.5 Å². The monoisotopic (exact) mass is 319 g/mol. The van der Waals surface area contributed by atoms with Gasteiger partial charge >= 0.3 is 0 Å². The number of rotatable bonds is 5. The summed E-state index contributed by atoms with van der Waals surface area (Å²) in [6, 6.07) is 17.0. The van der Waals surface area contributed by atoms with E-state index in [4.69, 9.17) is 9.47 Å². The van der Waals surface area contributed by atoms with Crippen LogP contribution in [0.2, 0.25) is 0 Å². The summed E-state index contributed by atoms with van der Waals surface area (Å²) in [7, 11) is 0. The Bertz CT molecular complexity index is 837. The maximum absolute atomic E-state index is 5.58. The summed E-state index contributed by atoms with van der Waals surface area (Å²) < 4.78 is 13.4. The molecule has 0 unspecified atom stereocenters. The standard InChI is InChI=1S/C21H21NO2/c1-21(23-12-13-24-21)20-10-4-6-17(14-20)7-5-11-22-15-18-8-2-3-9-19(18)16-22/h2-4,6,8-10,12-16H,5,7,11H2,1H3. The summed E-state index contributed by atoms with van der Waals surface area (Å²) in [5.41, 5.74) is 2.36. The molecule has 1 aromatic heterocycles. The van der Waals surface area contributed by atoms with E-state index in [0.717, 1.165) is 24.9 Å². The smallest absolute Gasteiger partial charge is 0.273 e. The first-order valence-electron chi connectivity index (χ1n) is 8.38. The SMILES string of the molecule is CC1(c2cccc(CCCn3cc4ccccc4c3)c2)OC=CO1. The highest BCUT2D eigenvalue weighted by Crippen LogP contribution is 2.31. The van der Waals surface area contributed by atoms with Crippen LogP contribution in [0.1, 0.15) is 24.5 Å². The van der Waals surface area contributed by atoms with Crippen molar-refractivity contribution in [3.8, 4) is 0 Å². The van der Waals surface area contributed by atoms with Crippen LogP contribution < -0.4 is 0 Å². The maximum Gasteiger partial charge on any atom is 0.273 e. The van der Waals surface area contributed by atoms with Crippen LogP contribution in [0.4, 0.5) is 0 Å². The van der Waals surface area contributed by atoms with Crippen molar-refractivity contribution in [3.63, 3.8) is 0 Å². The molecule has 122 valence electrons. The van der Waals surface area contributed by atoms with Crippen molar-refractivity contribution in [2.75, 3.05) is 0 Å². The lowest BCUT2D eigenvalue weighted by Gasteiger charge is -2.23. The number of nitrogens with zero attached hydrogens (tertiary/aromatic N) is 1. The minimum absolute atomic E-state index is 0.686. The van der Waals surface area contributed by atoms with Crippen molar-refractivity contribution in [2.45, 2.75) is 32.1 Å². The zero-order valence-electron chi connectivity index (χ0n) is 13.8. The highest BCUT2D eigenvalue weighted by atomic mass is 16.7. The van der Waals surface area contributed by atoms with Crippen molar-refractivity contribution >= 4 is 10.8 Å². The number of hydrogen-bond acceptors (Lipinski definition) is 2. The van der Waals surface area contributed by atoms with E-state index in [9.17, 15) is 0 Å². The molecule has 0 saturated carbocycles. The molecule has 0 fully saturated rings. The van der Waals surface area contributed by atoms with Gasteiger partial charge in [-0.2, -0.15) is 0 Å². The van der Waals surface area contributed by atoms with E-state index in [1.165, 1.54) is 16.3 Å². The van der Waals surface area contributed by atoms with Crippen LogP contribution >= 0.6 is 0 Å². The molecule has 3 nitrogen and oxygen atoms in total. The van der Waals surface area contributed by atoms with E-state index in [0.29, 0.717) is 0 Å². The third-order valence-corrected chi connectivity index (χ3v) is 4.58. The molecule has 0 N–H and O–H groups in total. The lowest BCUT2D eigenvalue weighted by atomic mass is 10.0. The molecule has 3 heteroatoms. The van der Waals surface area contributed by atoms with Crippen LogP contribution in [0.15, 0.2) is 73.4 Å². The molecule has 0 atom stereocenters. The van der Waals surface area contributed by atoms with Crippen LogP contribution in [0.5, 0.6) is 0 Å². The Morgan fingerprint density at radius 3 is 2.33 bits per heavy atom. The minimum atomic E-state index is -0.686. The summed E-state index contributed by atoms with van der Waals surface area (Å²) in [6.45, 7) is 2.96. The second kappa shape index (κ2) is 6.08. The number of fused-ring (bicyclic) bond motifs is 1. The fourth-order valence-corrected chi connectivity index (χ4v) is 3.22. The molecule has 0 aliphatic carbocycles. The second-order valence-corrected chi connectivity index (χ2v) is 6.38. The summed E-state index contributed by atoms with van der Waals surface area (Å²) in [5, 5.41) is 2.60. The molecule has 0 radical (unpaired) electrons. The average molecular weight is 319 g/mol. The van der Waals surface area contributed by atoms with Crippen LogP contribution in [-0.4, -0.2) is 4.57 Å². The fraction of sp³-hybridized carbons (Fsp3) is 0.238. The Balaban J connectivity index is 1.41. The topological polar surface area (TPSA) is 23.4 Å². The summed E-state index contributed by atoms with van der Waals surface area (Å²) in [4.78, 5) is 0. The molecule has 4 rings (SSSR count). The van der Waals surface area contributed by atoms with E-state index < -0.39 is 5.79 Å². The van der Waals surface area contributed by atoms with E-state index in [1.807, 2.05) is 6.92 Å². The van der Waals surface area contributed by atoms with Gasteiger partial charge in [0.15, 0.2) is 0 Å². The molecule has 1 aliphatic rings. The molecule has 24 heavy (non-hydrogen) atoms. The minimum Gasteiger partial charge on any atom is -0.453 e. The van der Waals surface area contributed by atoms with E-state index in [-0.39, 0.29) is 0 Å². The van der Waals surface area contributed by atoms with Gasteiger partial charge in [0, 0.05) is 31.4 Å². The largest absolute Gasteiger partial charge is 0.453 e. The molecule has 0 saturated heterocycles. The van der Waals surface area contributed by atoms with Crippen LogP contribution in [0.25, 0.3) is 10.8 Å². The fourth-order valence-electron chi connectivity index (χ4n) is 3.22. The van der Waals surface area contributed by atoms with Gasteiger partial charge < -0.3 is 14.0 Å². The lowest BCUT2D eigenvalue weighted by Crippen LogP contribution is -2.22. The maximum atomic E-state index is 5.58. The number of hydrogen-bond donors (Lipinski definition) is 0. The number of benzene rings is 2. The van der Waals surface area contributed by atoms with Crippen LogP contribution in [0.3, 0.4) is 0 Å². The molecule has 2 aromatic carbocycles. The molecular weight excluding hydrogens is 298 g/mol. The predicted molar refractivity (Wildman–Crippen MR) is 95.4 cm³/mol. The first-order chi connectivity index (χ1) is 11.7. The number of aryl methyl sites for hydroxylation is 2. The normalized spacial score (nSPS) is 15.4. The van der Waals surface area contributed by atoms with E-state index >= 15 is 0 Å². The highest BCUT2D eigenvalue weighted by molar-refractivity contribution is 5.82. The van der Waals surface area contributed by atoms with Gasteiger partial charge in [0.1, 0.15) is 12.5 Å². The third kappa shape index (κ3) is 2.90. The Morgan fingerprint density at radius 1 is 0.917 bits per heavy atom. The van der Waals surface area contributed by atoms with Gasteiger partial charge in [0.25, 0.3) is 5.79 Å². The number of aromatic nitrogens is 1.